The van der Waals surface area contributed by atoms with Crippen LogP contribution in [0.2, 0.25) is 0 Å². The van der Waals surface area contributed by atoms with E-state index >= 15 is 0 Å². The van der Waals surface area contributed by atoms with Crippen LogP contribution >= 0.6 is 0 Å². The Kier molecular flexibility index (Phi) is 10.1. The summed E-state index contributed by atoms with van der Waals surface area (Å²) in [7, 11) is 0. The zero-order valence-electron chi connectivity index (χ0n) is 12.6. The molecule has 0 bridgehead atoms. The van der Waals surface area contributed by atoms with Crippen molar-refractivity contribution in [3.8, 4) is 0 Å². The molecule has 0 radical (unpaired) electrons. The topological polar surface area (TPSA) is 12.4 Å². The molecule has 1 nitrogen and oxygen atoms in total. The normalized spacial score (nSPS) is 11.5. The molecule has 0 unspecified atom stereocenters. The molecule has 19 heavy (non-hydrogen) atoms. The van der Waals surface area contributed by atoms with Gasteiger partial charge in [-0.2, -0.15) is 0 Å². The Morgan fingerprint density at radius 2 is 1.95 bits per heavy atom. The molecule has 0 aliphatic rings. The van der Waals surface area contributed by atoms with E-state index in [1.807, 2.05) is 51.3 Å². The molecule has 0 amide bonds. The van der Waals surface area contributed by atoms with Crippen LogP contribution in [0.4, 0.5) is 0 Å². The molecule has 0 heterocycles. The minimum Gasteiger partial charge on any atom is -0.288 e. The lowest BCUT2D eigenvalue weighted by atomic mass is 10.1. The highest BCUT2D eigenvalue weighted by atomic mass is 14.7. The zero-order valence-corrected chi connectivity index (χ0v) is 12.6. The highest BCUT2D eigenvalue weighted by molar-refractivity contribution is 5.81. The standard InChI is InChI=1S/C16H19N.C2H6/c1-4-8-15(9-5-2)12-17-13-16-11-7-6-10-14(16)3;1-2/h4-11,13H,1,12H2,2-3H3;1-2H3/b9-5-,15-8+,17-13?;. The van der Waals surface area contributed by atoms with Crippen molar-refractivity contribution < 1.29 is 0 Å². The first-order valence-electron chi connectivity index (χ1n) is 6.77. The Morgan fingerprint density at radius 1 is 1.26 bits per heavy atom. The fraction of sp³-hybridized carbons (Fsp3) is 0.278. The van der Waals surface area contributed by atoms with Crippen molar-refractivity contribution in [1.82, 2.24) is 0 Å². The molecule has 0 N–H and O–H groups in total. The first-order valence-corrected chi connectivity index (χ1v) is 6.77. The maximum Gasteiger partial charge on any atom is 0.0639 e. The van der Waals surface area contributed by atoms with Gasteiger partial charge in [-0.3, -0.25) is 4.99 Å². The molecular formula is C18H25N. The van der Waals surface area contributed by atoms with E-state index in [4.69, 9.17) is 0 Å². The molecule has 0 aromatic heterocycles. The third kappa shape index (κ3) is 7.20. The van der Waals surface area contributed by atoms with Crippen LogP contribution in [-0.4, -0.2) is 12.8 Å². The van der Waals surface area contributed by atoms with Gasteiger partial charge in [0.05, 0.1) is 6.54 Å². The second kappa shape index (κ2) is 11.2. The van der Waals surface area contributed by atoms with Gasteiger partial charge in [-0.1, -0.05) is 69.0 Å². The minimum atomic E-state index is 0.685. The molecule has 102 valence electrons. The van der Waals surface area contributed by atoms with Crippen LogP contribution in [0.3, 0.4) is 0 Å². The van der Waals surface area contributed by atoms with Gasteiger partial charge in [0, 0.05) is 6.21 Å². The summed E-state index contributed by atoms with van der Waals surface area (Å²) in [6.07, 6.45) is 9.76. The van der Waals surface area contributed by atoms with Gasteiger partial charge in [0.25, 0.3) is 0 Å². The molecule has 1 aromatic carbocycles. The number of allylic oxidation sites excluding steroid dienone is 3. The van der Waals surface area contributed by atoms with Gasteiger partial charge in [0.2, 0.25) is 0 Å². The van der Waals surface area contributed by atoms with E-state index < -0.39 is 0 Å². The van der Waals surface area contributed by atoms with Crippen molar-refractivity contribution in [2.75, 3.05) is 6.54 Å². The Labute approximate surface area is 118 Å². The summed E-state index contributed by atoms with van der Waals surface area (Å²) < 4.78 is 0. The quantitative estimate of drug-likeness (QED) is 0.511. The van der Waals surface area contributed by atoms with Crippen LogP contribution in [0.15, 0.2) is 65.7 Å². The number of benzene rings is 1. The summed E-state index contributed by atoms with van der Waals surface area (Å²) in [5.41, 5.74) is 3.58. The van der Waals surface area contributed by atoms with Gasteiger partial charge in [0.15, 0.2) is 0 Å². The summed E-state index contributed by atoms with van der Waals surface area (Å²) in [5, 5.41) is 0. The largest absolute Gasteiger partial charge is 0.288 e. The molecule has 1 rings (SSSR count). The maximum absolute atomic E-state index is 4.45. The molecule has 0 aliphatic heterocycles. The van der Waals surface area contributed by atoms with Gasteiger partial charge in [-0.05, 0) is 30.5 Å². The summed E-state index contributed by atoms with van der Waals surface area (Å²) in [6, 6.07) is 8.23. The van der Waals surface area contributed by atoms with Crippen molar-refractivity contribution in [2.45, 2.75) is 27.7 Å². The lowest BCUT2D eigenvalue weighted by molar-refractivity contribution is 1.19. The van der Waals surface area contributed by atoms with Crippen LogP contribution in [0.1, 0.15) is 31.9 Å². The number of rotatable bonds is 5. The summed E-state index contributed by atoms with van der Waals surface area (Å²) >= 11 is 0. The smallest absolute Gasteiger partial charge is 0.0639 e. The van der Waals surface area contributed by atoms with Crippen LogP contribution in [0.25, 0.3) is 0 Å². The van der Waals surface area contributed by atoms with Crippen molar-refractivity contribution >= 4 is 6.21 Å². The van der Waals surface area contributed by atoms with Gasteiger partial charge < -0.3 is 0 Å². The molecule has 1 heteroatoms. The van der Waals surface area contributed by atoms with E-state index in [2.05, 4.69) is 36.7 Å². The molecule has 0 atom stereocenters. The Hall–Kier alpha value is -1.89. The Morgan fingerprint density at radius 3 is 2.53 bits per heavy atom. The second-order valence-corrected chi connectivity index (χ2v) is 3.80. The number of nitrogens with zero attached hydrogens (tertiary/aromatic N) is 1. The number of aliphatic imine (C=N–C) groups is 1. The van der Waals surface area contributed by atoms with Crippen LogP contribution in [-0.2, 0) is 0 Å². The third-order valence-electron chi connectivity index (χ3n) is 2.41. The third-order valence-corrected chi connectivity index (χ3v) is 2.41. The number of hydrogen-bond acceptors (Lipinski definition) is 1. The van der Waals surface area contributed by atoms with E-state index in [9.17, 15) is 0 Å². The summed E-state index contributed by atoms with van der Waals surface area (Å²) in [4.78, 5) is 4.45. The minimum absolute atomic E-state index is 0.685. The van der Waals surface area contributed by atoms with Gasteiger partial charge >= 0.3 is 0 Å². The van der Waals surface area contributed by atoms with Crippen LogP contribution in [0.5, 0.6) is 0 Å². The van der Waals surface area contributed by atoms with Crippen molar-refractivity contribution in [1.29, 1.82) is 0 Å². The first-order chi connectivity index (χ1) is 9.27. The average molecular weight is 255 g/mol. The van der Waals surface area contributed by atoms with E-state index in [1.54, 1.807) is 6.08 Å². The van der Waals surface area contributed by atoms with Crippen LogP contribution < -0.4 is 0 Å². The SMILES string of the molecule is C=C/C=C(\C=C/C)CN=Cc1ccccc1C.CC. The zero-order chi connectivity index (χ0) is 14.5. The lowest BCUT2D eigenvalue weighted by Gasteiger charge is -1.99. The van der Waals surface area contributed by atoms with Crippen molar-refractivity contribution in [3.63, 3.8) is 0 Å². The molecule has 1 aromatic rings. The lowest BCUT2D eigenvalue weighted by Crippen LogP contribution is -1.89. The molecule has 0 saturated heterocycles. The second-order valence-electron chi connectivity index (χ2n) is 3.80. The first kappa shape index (κ1) is 17.1. The molecule has 0 fully saturated rings. The fourth-order valence-electron chi connectivity index (χ4n) is 1.51. The van der Waals surface area contributed by atoms with E-state index in [1.165, 1.54) is 11.1 Å². The van der Waals surface area contributed by atoms with E-state index in [0.717, 1.165) is 5.57 Å². The summed E-state index contributed by atoms with van der Waals surface area (Å²) in [5.74, 6) is 0. The van der Waals surface area contributed by atoms with E-state index in [0.29, 0.717) is 6.54 Å². The molecule has 0 saturated carbocycles. The monoisotopic (exact) mass is 255 g/mol. The molecular weight excluding hydrogens is 230 g/mol. The highest BCUT2D eigenvalue weighted by Crippen LogP contribution is 2.04. The molecule has 0 aliphatic carbocycles. The predicted molar refractivity (Wildman–Crippen MR) is 88.1 cm³/mol. The average Bonchev–Trinajstić information content (AvgIpc) is 2.44. The van der Waals surface area contributed by atoms with E-state index in [-0.39, 0.29) is 0 Å². The highest BCUT2D eigenvalue weighted by Gasteiger charge is 1.92. The summed E-state index contributed by atoms with van der Waals surface area (Å²) in [6.45, 7) is 12.5. The molecule has 0 spiro atoms. The maximum atomic E-state index is 4.45. The van der Waals surface area contributed by atoms with Gasteiger partial charge in [0.1, 0.15) is 0 Å². The van der Waals surface area contributed by atoms with Gasteiger partial charge in [-0.25, -0.2) is 0 Å². The van der Waals surface area contributed by atoms with Crippen molar-refractivity contribution in [3.05, 3.63) is 71.8 Å². The fourth-order valence-corrected chi connectivity index (χ4v) is 1.51. The Bertz CT molecular complexity index is 451. The number of aryl methyl sites for hydroxylation is 1. The Balaban J connectivity index is 0.00000154. The predicted octanol–water partition coefficient (Wildman–Crippen LogP) is 5.13. The number of hydrogen-bond donors (Lipinski definition) is 0. The van der Waals surface area contributed by atoms with Crippen molar-refractivity contribution in [2.24, 2.45) is 4.99 Å². The van der Waals surface area contributed by atoms with Gasteiger partial charge in [-0.15, -0.1) is 0 Å². The van der Waals surface area contributed by atoms with Crippen LogP contribution in [0, 0.1) is 6.92 Å².